The first-order chi connectivity index (χ1) is 16.1. The predicted molar refractivity (Wildman–Crippen MR) is 124 cm³/mol. The van der Waals surface area contributed by atoms with Crippen LogP contribution in [0.15, 0.2) is 77.6 Å². The Kier molecular flexibility index (Phi) is 7.14. The number of rotatable bonds is 7. The van der Waals surface area contributed by atoms with Crippen LogP contribution in [0.3, 0.4) is 0 Å². The molecule has 170 valence electrons. The zero-order valence-corrected chi connectivity index (χ0v) is 18.2. The second kappa shape index (κ2) is 10.6. The van der Waals surface area contributed by atoms with Crippen molar-refractivity contribution in [3.8, 4) is 5.75 Å². The number of amides is 2. The Balaban J connectivity index is 1.31. The van der Waals surface area contributed by atoms with Gasteiger partial charge >= 0.3 is 0 Å². The van der Waals surface area contributed by atoms with E-state index in [9.17, 15) is 14.4 Å². The van der Waals surface area contributed by atoms with Gasteiger partial charge in [-0.15, -0.1) is 0 Å². The number of hydrogen-bond acceptors (Lipinski definition) is 5. The Morgan fingerprint density at radius 1 is 0.939 bits per heavy atom. The summed E-state index contributed by atoms with van der Waals surface area (Å²) in [6.07, 6.45) is 1.16. The molecule has 0 atom stereocenters. The maximum atomic E-state index is 12.9. The maximum Gasteiger partial charge on any atom is 0.274 e. The van der Waals surface area contributed by atoms with Crippen molar-refractivity contribution in [1.29, 1.82) is 0 Å². The van der Waals surface area contributed by atoms with Crippen molar-refractivity contribution in [2.75, 3.05) is 25.0 Å². The molecule has 0 spiro atoms. The monoisotopic (exact) mass is 446 g/mol. The van der Waals surface area contributed by atoms with Crippen molar-refractivity contribution in [3.05, 3.63) is 88.8 Å². The van der Waals surface area contributed by atoms with Crippen LogP contribution in [0.2, 0.25) is 0 Å². The van der Waals surface area contributed by atoms with Crippen LogP contribution in [0.4, 0.5) is 5.69 Å². The topological polar surface area (TPSA) is 93.5 Å². The van der Waals surface area contributed by atoms with Crippen LogP contribution in [0.5, 0.6) is 5.75 Å². The minimum Gasteiger partial charge on any atom is -0.492 e. The number of nitrogens with zero attached hydrogens (tertiary/aromatic N) is 3. The number of nitrogens with one attached hydrogen (secondary N) is 1. The molecule has 1 aliphatic heterocycles. The fraction of sp³-hybridized carbons (Fsp3) is 0.280. The van der Waals surface area contributed by atoms with Crippen molar-refractivity contribution < 1.29 is 14.3 Å². The molecule has 8 heteroatoms. The van der Waals surface area contributed by atoms with E-state index in [0.29, 0.717) is 31.7 Å². The molecule has 2 amide bonds. The van der Waals surface area contributed by atoms with E-state index in [1.807, 2.05) is 60.7 Å². The largest absolute Gasteiger partial charge is 0.492 e. The number of carbonyl (C=O) groups excluding carboxylic acids is 2. The molecule has 0 aliphatic carbocycles. The van der Waals surface area contributed by atoms with Gasteiger partial charge in [0.15, 0.2) is 0 Å². The molecule has 0 unspecified atom stereocenters. The maximum absolute atomic E-state index is 12.9. The van der Waals surface area contributed by atoms with Crippen molar-refractivity contribution in [2.24, 2.45) is 5.92 Å². The molecule has 0 bridgehead atoms. The van der Waals surface area contributed by atoms with Gasteiger partial charge < -0.3 is 15.0 Å². The van der Waals surface area contributed by atoms with Crippen molar-refractivity contribution in [3.63, 3.8) is 0 Å². The number of benzene rings is 2. The second-order valence-electron chi connectivity index (χ2n) is 7.86. The van der Waals surface area contributed by atoms with Gasteiger partial charge in [0.1, 0.15) is 18.1 Å². The molecular formula is C25H26N4O4. The molecule has 0 radical (unpaired) electrons. The van der Waals surface area contributed by atoms with Crippen molar-refractivity contribution in [1.82, 2.24) is 14.7 Å². The van der Waals surface area contributed by atoms with E-state index in [-0.39, 0.29) is 42.1 Å². The summed E-state index contributed by atoms with van der Waals surface area (Å²) in [6, 6.07) is 21.4. The molecular weight excluding hydrogens is 420 g/mol. The summed E-state index contributed by atoms with van der Waals surface area (Å²) in [4.78, 5) is 39.3. The Bertz CT molecular complexity index is 1140. The van der Waals surface area contributed by atoms with Gasteiger partial charge in [-0.3, -0.25) is 14.4 Å². The number of anilines is 1. The van der Waals surface area contributed by atoms with E-state index >= 15 is 0 Å². The zero-order valence-electron chi connectivity index (χ0n) is 18.2. The number of hydrogen-bond donors (Lipinski definition) is 1. The first-order valence-electron chi connectivity index (χ1n) is 11.0. The molecule has 1 N–H and O–H groups in total. The molecule has 3 aromatic rings. The summed E-state index contributed by atoms with van der Waals surface area (Å²) >= 11 is 0. The fourth-order valence-electron chi connectivity index (χ4n) is 3.76. The normalized spacial score (nSPS) is 14.0. The first-order valence-corrected chi connectivity index (χ1v) is 11.0. The molecule has 4 rings (SSSR count). The molecule has 1 aromatic heterocycles. The highest BCUT2D eigenvalue weighted by Gasteiger charge is 2.28. The van der Waals surface area contributed by atoms with Gasteiger partial charge in [-0.25, -0.2) is 4.68 Å². The standard InChI is InChI=1S/C25H26N4O4/c30-23-12-11-22(27-29(23)17-18-33-21-9-5-2-6-10-21)25(32)28-15-13-19(14-16-28)24(31)26-20-7-3-1-4-8-20/h1-12,19H,13-18H2,(H,26,31). The highest BCUT2D eigenvalue weighted by Crippen LogP contribution is 2.20. The van der Waals surface area contributed by atoms with E-state index in [0.717, 1.165) is 5.69 Å². The summed E-state index contributed by atoms with van der Waals surface area (Å²) in [5, 5.41) is 7.17. The molecule has 2 aromatic carbocycles. The minimum atomic E-state index is -0.292. The fourth-order valence-corrected chi connectivity index (χ4v) is 3.76. The van der Waals surface area contributed by atoms with Crippen molar-refractivity contribution in [2.45, 2.75) is 19.4 Å². The van der Waals surface area contributed by atoms with E-state index in [1.54, 1.807) is 4.90 Å². The predicted octanol–water partition coefficient (Wildman–Crippen LogP) is 2.81. The molecule has 8 nitrogen and oxygen atoms in total. The first kappa shape index (κ1) is 22.3. The third-order valence-electron chi connectivity index (χ3n) is 5.60. The minimum absolute atomic E-state index is 0.0293. The van der Waals surface area contributed by atoms with E-state index in [2.05, 4.69) is 10.4 Å². The molecule has 1 saturated heterocycles. The van der Waals surface area contributed by atoms with Gasteiger partial charge in [-0.05, 0) is 43.2 Å². The lowest BCUT2D eigenvalue weighted by molar-refractivity contribution is -0.121. The van der Waals surface area contributed by atoms with Crippen LogP contribution in [0.25, 0.3) is 0 Å². The summed E-state index contributed by atoms with van der Waals surface area (Å²) in [7, 11) is 0. The Morgan fingerprint density at radius 3 is 2.30 bits per heavy atom. The number of carbonyl (C=O) groups is 2. The van der Waals surface area contributed by atoms with E-state index in [1.165, 1.54) is 16.8 Å². The third-order valence-corrected chi connectivity index (χ3v) is 5.60. The van der Waals surface area contributed by atoms with Gasteiger partial charge in [0.25, 0.3) is 11.5 Å². The quantitative estimate of drug-likeness (QED) is 0.602. The van der Waals surface area contributed by atoms with Gasteiger partial charge in [-0.1, -0.05) is 36.4 Å². The second-order valence-corrected chi connectivity index (χ2v) is 7.86. The highest BCUT2D eigenvalue weighted by atomic mass is 16.5. The summed E-state index contributed by atoms with van der Waals surface area (Å²) in [6.45, 7) is 1.42. The number of aromatic nitrogens is 2. The zero-order chi connectivity index (χ0) is 23.0. The van der Waals surface area contributed by atoms with Crippen LogP contribution < -0.4 is 15.6 Å². The Hall–Kier alpha value is -3.94. The highest BCUT2D eigenvalue weighted by molar-refractivity contribution is 5.94. The molecule has 0 saturated carbocycles. The average Bonchev–Trinajstić information content (AvgIpc) is 2.86. The smallest absolute Gasteiger partial charge is 0.274 e. The average molecular weight is 447 g/mol. The lowest BCUT2D eigenvalue weighted by Crippen LogP contribution is -2.42. The lowest BCUT2D eigenvalue weighted by Gasteiger charge is -2.31. The number of ether oxygens (including phenoxy) is 1. The van der Waals surface area contributed by atoms with Crippen LogP contribution >= 0.6 is 0 Å². The molecule has 1 fully saturated rings. The van der Waals surface area contributed by atoms with E-state index in [4.69, 9.17) is 4.74 Å². The molecule has 2 heterocycles. The summed E-state index contributed by atoms with van der Waals surface area (Å²) < 4.78 is 6.87. The number of likely N-dealkylation sites (tertiary alicyclic amines) is 1. The van der Waals surface area contributed by atoms with Gasteiger partial charge in [0, 0.05) is 30.8 Å². The van der Waals surface area contributed by atoms with Gasteiger partial charge in [-0.2, -0.15) is 5.10 Å². The Labute approximate surface area is 191 Å². The van der Waals surface area contributed by atoms with Crippen LogP contribution in [-0.2, 0) is 11.3 Å². The summed E-state index contributed by atoms with van der Waals surface area (Å²) in [5.74, 6) is 0.288. The van der Waals surface area contributed by atoms with Crippen LogP contribution in [0, 0.1) is 5.92 Å². The lowest BCUT2D eigenvalue weighted by atomic mass is 9.95. The van der Waals surface area contributed by atoms with Gasteiger partial charge in [0.2, 0.25) is 5.91 Å². The van der Waals surface area contributed by atoms with Crippen LogP contribution in [0.1, 0.15) is 23.3 Å². The summed E-state index contributed by atoms with van der Waals surface area (Å²) in [5.41, 5.74) is 0.685. The molecule has 1 aliphatic rings. The third kappa shape index (κ3) is 5.85. The Morgan fingerprint density at radius 2 is 1.61 bits per heavy atom. The molecule has 33 heavy (non-hydrogen) atoms. The van der Waals surface area contributed by atoms with Gasteiger partial charge in [0.05, 0.1) is 6.54 Å². The number of piperidine rings is 1. The van der Waals surface area contributed by atoms with Crippen LogP contribution in [-0.4, -0.2) is 46.2 Å². The number of para-hydroxylation sites is 2. The van der Waals surface area contributed by atoms with Crippen molar-refractivity contribution >= 4 is 17.5 Å². The SMILES string of the molecule is O=C(Nc1ccccc1)C1CCN(C(=O)c2ccc(=O)n(CCOc3ccccc3)n2)CC1. The van der Waals surface area contributed by atoms with E-state index < -0.39 is 0 Å².